The van der Waals surface area contributed by atoms with Crippen LogP contribution in [0, 0.1) is 6.92 Å². The fourth-order valence-corrected chi connectivity index (χ4v) is 2.88. The third-order valence-corrected chi connectivity index (χ3v) is 3.85. The topological polar surface area (TPSA) is 32.3 Å². The first-order valence-corrected chi connectivity index (χ1v) is 6.69. The van der Waals surface area contributed by atoms with E-state index in [0.717, 1.165) is 17.7 Å². The molecule has 0 heterocycles. The normalized spacial score (nSPS) is 17.3. The van der Waals surface area contributed by atoms with Gasteiger partial charge in [0.05, 0.1) is 0 Å². The smallest absolute Gasteiger partial charge is 0.122 e. The fourth-order valence-electron chi connectivity index (χ4n) is 2.88. The molecule has 94 valence electrons. The van der Waals surface area contributed by atoms with Gasteiger partial charge in [0.25, 0.3) is 0 Å². The molecule has 1 aliphatic rings. The van der Waals surface area contributed by atoms with Gasteiger partial charge in [-0.3, -0.25) is 0 Å². The summed E-state index contributed by atoms with van der Waals surface area (Å²) in [5.74, 6) is 1.16. The van der Waals surface area contributed by atoms with Crippen molar-refractivity contribution in [3.05, 3.63) is 28.8 Å². The first kappa shape index (κ1) is 12.4. The van der Waals surface area contributed by atoms with Crippen LogP contribution >= 0.6 is 0 Å². The fraction of sp³-hybridized carbons (Fsp3) is 0.600. The van der Waals surface area contributed by atoms with E-state index >= 15 is 0 Å². The molecule has 0 aromatic heterocycles. The van der Waals surface area contributed by atoms with Gasteiger partial charge in [-0.2, -0.15) is 0 Å². The molecule has 0 aliphatic heterocycles. The minimum Gasteiger partial charge on any atom is -0.507 e. The summed E-state index contributed by atoms with van der Waals surface area (Å²) in [4.78, 5) is 0. The maximum Gasteiger partial charge on any atom is 0.122 e. The van der Waals surface area contributed by atoms with Crippen LogP contribution < -0.4 is 5.32 Å². The second-order valence-corrected chi connectivity index (χ2v) is 5.21. The molecule has 0 saturated heterocycles. The van der Waals surface area contributed by atoms with Crippen LogP contribution in [-0.4, -0.2) is 12.2 Å². The molecule has 0 spiro atoms. The van der Waals surface area contributed by atoms with E-state index in [2.05, 4.69) is 17.4 Å². The highest BCUT2D eigenvalue weighted by Crippen LogP contribution is 2.35. The third kappa shape index (κ3) is 2.81. The number of aryl methyl sites for hydroxylation is 1. The van der Waals surface area contributed by atoms with E-state index in [9.17, 15) is 5.11 Å². The molecule has 2 rings (SSSR count). The van der Waals surface area contributed by atoms with Crippen molar-refractivity contribution in [2.24, 2.45) is 0 Å². The lowest BCUT2D eigenvalue weighted by atomic mass is 9.83. The molecule has 1 saturated carbocycles. The highest BCUT2D eigenvalue weighted by atomic mass is 16.3. The molecule has 0 unspecified atom stereocenters. The van der Waals surface area contributed by atoms with Gasteiger partial charge in [0.2, 0.25) is 0 Å². The molecule has 0 amide bonds. The van der Waals surface area contributed by atoms with Gasteiger partial charge in [-0.1, -0.05) is 31.4 Å². The Hall–Kier alpha value is -1.02. The summed E-state index contributed by atoms with van der Waals surface area (Å²) in [6.45, 7) is 2.74. The van der Waals surface area contributed by atoms with Crippen molar-refractivity contribution in [3.63, 3.8) is 0 Å². The quantitative estimate of drug-likeness (QED) is 0.838. The summed E-state index contributed by atoms with van der Waals surface area (Å²) in [7, 11) is 1.92. The lowest BCUT2D eigenvalue weighted by Crippen LogP contribution is -2.09. The average Bonchev–Trinajstić information content (AvgIpc) is 2.36. The molecule has 2 nitrogen and oxygen atoms in total. The second-order valence-electron chi connectivity index (χ2n) is 5.21. The summed E-state index contributed by atoms with van der Waals surface area (Å²) in [6.07, 6.45) is 6.71. The Balaban J connectivity index is 2.27. The summed E-state index contributed by atoms with van der Waals surface area (Å²) >= 11 is 0. The van der Waals surface area contributed by atoms with Crippen molar-refractivity contribution in [3.8, 4) is 5.75 Å². The van der Waals surface area contributed by atoms with Crippen molar-refractivity contribution in [1.29, 1.82) is 0 Å². The zero-order chi connectivity index (χ0) is 12.3. The largest absolute Gasteiger partial charge is 0.507 e. The Morgan fingerprint density at radius 1 is 1.24 bits per heavy atom. The number of hydrogen-bond donors (Lipinski definition) is 2. The van der Waals surface area contributed by atoms with Crippen molar-refractivity contribution >= 4 is 0 Å². The van der Waals surface area contributed by atoms with E-state index in [4.69, 9.17) is 0 Å². The Kier molecular flexibility index (Phi) is 4.06. The van der Waals surface area contributed by atoms with Gasteiger partial charge >= 0.3 is 0 Å². The van der Waals surface area contributed by atoms with Crippen LogP contribution in [0.1, 0.15) is 54.7 Å². The number of hydrogen-bond acceptors (Lipinski definition) is 2. The van der Waals surface area contributed by atoms with Gasteiger partial charge in [0, 0.05) is 12.1 Å². The first-order valence-electron chi connectivity index (χ1n) is 6.69. The number of nitrogens with one attached hydrogen (secondary N) is 1. The van der Waals surface area contributed by atoms with Crippen LogP contribution in [-0.2, 0) is 6.54 Å². The lowest BCUT2D eigenvalue weighted by Gasteiger charge is -2.23. The minimum absolute atomic E-state index is 0.457. The molecule has 2 heteroatoms. The van der Waals surface area contributed by atoms with Crippen LogP contribution in [0.25, 0.3) is 0 Å². The predicted molar refractivity (Wildman–Crippen MR) is 71.4 cm³/mol. The molecule has 1 aromatic rings. The van der Waals surface area contributed by atoms with Crippen molar-refractivity contribution in [1.82, 2.24) is 5.32 Å². The molecular weight excluding hydrogens is 210 g/mol. The van der Waals surface area contributed by atoms with E-state index in [1.165, 1.54) is 37.7 Å². The predicted octanol–water partition coefficient (Wildman–Crippen LogP) is 3.47. The van der Waals surface area contributed by atoms with Crippen LogP contribution in [0.4, 0.5) is 0 Å². The van der Waals surface area contributed by atoms with E-state index < -0.39 is 0 Å². The van der Waals surface area contributed by atoms with Crippen molar-refractivity contribution < 1.29 is 5.11 Å². The summed E-state index contributed by atoms with van der Waals surface area (Å²) < 4.78 is 0. The van der Waals surface area contributed by atoms with Gasteiger partial charge in [0.15, 0.2) is 0 Å². The average molecular weight is 233 g/mol. The maximum atomic E-state index is 10.0. The molecule has 0 radical (unpaired) electrons. The number of phenols is 1. The molecular formula is C15H23NO. The highest BCUT2D eigenvalue weighted by Gasteiger charge is 2.17. The van der Waals surface area contributed by atoms with Gasteiger partial charge < -0.3 is 10.4 Å². The molecule has 17 heavy (non-hydrogen) atoms. The summed E-state index contributed by atoms with van der Waals surface area (Å²) in [6, 6.07) is 4.36. The molecule has 1 aliphatic carbocycles. The van der Waals surface area contributed by atoms with Gasteiger partial charge in [-0.05, 0) is 43.9 Å². The van der Waals surface area contributed by atoms with Crippen molar-refractivity contribution in [2.75, 3.05) is 7.05 Å². The zero-order valence-electron chi connectivity index (χ0n) is 10.9. The second kappa shape index (κ2) is 5.54. The van der Waals surface area contributed by atoms with E-state index in [-0.39, 0.29) is 0 Å². The highest BCUT2D eigenvalue weighted by molar-refractivity contribution is 5.44. The van der Waals surface area contributed by atoms with Crippen molar-refractivity contribution in [2.45, 2.75) is 51.5 Å². The van der Waals surface area contributed by atoms with Crippen LogP contribution in [0.15, 0.2) is 12.1 Å². The lowest BCUT2D eigenvalue weighted by molar-refractivity contribution is 0.439. The molecule has 0 bridgehead atoms. The van der Waals surface area contributed by atoms with Gasteiger partial charge in [-0.15, -0.1) is 0 Å². The first-order chi connectivity index (χ1) is 8.22. The van der Waals surface area contributed by atoms with Gasteiger partial charge in [-0.25, -0.2) is 0 Å². The van der Waals surface area contributed by atoms with Crippen LogP contribution in [0.3, 0.4) is 0 Å². The third-order valence-electron chi connectivity index (χ3n) is 3.85. The molecule has 1 fully saturated rings. The number of phenolic OH excluding ortho intramolecular Hbond substituents is 1. The van der Waals surface area contributed by atoms with Crippen LogP contribution in [0.2, 0.25) is 0 Å². The molecule has 1 aromatic carbocycles. The van der Waals surface area contributed by atoms with Crippen LogP contribution in [0.5, 0.6) is 5.75 Å². The van der Waals surface area contributed by atoms with E-state index in [0.29, 0.717) is 11.7 Å². The summed E-state index contributed by atoms with van der Waals surface area (Å²) in [5, 5.41) is 13.1. The van der Waals surface area contributed by atoms with Gasteiger partial charge in [0.1, 0.15) is 5.75 Å². The Morgan fingerprint density at radius 2 is 1.94 bits per heavy atom. The Bertz CT molecular complexity index is 381. The zero-order valence-corrected chi connectivity index (χ0v) is 10.9. The Morgan fingerprint density at radius 3 is 2.59 bits per heavy atom. The number of aromatic hydroxyl groups is 1. The number of rotatable bonds is 3. The maximum absolute atomic E-state index is 10.0. The Labute approximate surface area is 104 Å². The van der Waals surface area contributed by atoms with E-state index in [1.54, 1.807) is 0 Å². The van der Waals surface area contributed by atoms with E-state index in [1.807, 2.05) is 14.0 Å². The number of benzene rings is 1. The SMILES string of the molecule is CNCc1cc(C2CCCCC2)cc(C)c1O. The molecule has 2 N–H and O–H groups in total. The molecule has 0 atom stereocenters. The minimum atomic E-state index is 0.457. The monoisotopic (exact) mass is 233 g/mol. The standard InChI is InChI=1S/C15H23NO/c1-11-8-13(12-6-4-3-5-7-12)9-14(10-16-2)15(11)17/h8-9,12,16-17H,3-7,10H2,1-2H3. The summed E-state index contributed by atoms with van der Waals surface area (Å²) in [5.41, 5.74) is 3.47.